The molecule has 0 saturated carbocycles. The van der Waals surface area contributed by atoms with Crippen molar-refractivity contribution in [1.29, 1.82) is 0 Å². The van der Waals surface area contributed by atoms with Crippen molar-refractivity contribution in [3.8, 4) is 0 Å². The fourth-order valence-corrected chi connectivity index (χ4v) is 2.03. The molecule has 0 aromatic heterocycles. The van der Waals surface area contributed by atoms with Gasteiger partial charge in [0.2, 0.25) is 0 Å². The minimum Gasteiger partial charge on any atom is -0.325 e. The Hall–Kier alpha value is -0.770. The molecule has 1 unspecified atom stereocenters. The third kappa shape index (κ3) is 2.84. The van der Waals surface area contributed by atoms with Crippen molar-refractivity contribution in [2.45, 2.75) is 26.3 Å². The minimum atomic E-state index is 0.198. The summed E-state index contributed by atoms with van der Waals surface area (Å²) in [6, 6.07) is 0.730. The molecule has 0 bridgehead atoms. The number of hydrogen-bond donors (Lipinski definition) is 0. The molecule has 0 aliphatic carbocycles. The van der Waals surface area contributed by atoms with E-state index in [2.05, 4.69) is 19.0 Å². The zero-order valence-electron chi connectivity index (χ0n) is 10.4. The monoisotopic (exact) mass is 213 g/mol. The summed E-state index contributed by atoms with van der Waals surface area (Å²) in [6.45, 7) is 7.44. The SMILES string of the molecule is CCN(CC)C(=O)N1CCC(N(C)C)C1. The maximum Gasteiger partial charge on any atom is 0.320 e. The van der Waals surface area contributed by atoms with Gasteiger partial charge in [0.15, 0.2) is 0 Å². The molecular formula is C11H23N3O. The molecule has 4 nitrogen and oxygen atoms in total. The lowest BCUT2D eigenvalue weighted by Gasteiger charge is -2.26. The normalized spacial score (nSPS) is 21.1. The molecule has 0 radical (unpaired) electrons. The van der Waals surface area contributed by atoms with Crippen molar-refractivity contribution < 1.29 is 4.79 Å². The Balaban J connectivity index is 2.49. The Morgan fingerprint density at radius 3 is 2.33 bits per heavy atom. The first-order chi connectivity index (χ1) is 7.10. The van der Waals surface area contributed by atoms with Crippen LogP contribution in [-0.2, 0) is 0 Å². The van der Waals surface area contributed by atoms with Crippen LogP contribution in [0, 0.1) is 0 Å². The molecule has 0 N–H and O–H groups in total. The predicted octanol–water partition coefficient (Wildman–Crippen LogP) is 1.08. The fourth-order valence-electron chi connectivity index (χ4n) is 2.03. The number of amides is 2. The van der Waals surface area contributed by atoms with Gasteiger partial charge >= 0.3 is 6.03 Å². The van der Waals surface area contributed by atoms with Crippen molar-refractivity contribution in [3.63, 3.8) is 0 Å². The lowest BCUT2D eigenvalue weighted by atomic mass is 10.2. The smallest absolute Gasteiger partial charge is 0.320 e. The highest BCUT2D eigenvalue weighted by atomic mass is 16.2. The lowest BCUT2D eigenvalue weighted by molar-refractivity contribution is 0.163. The summed E-state index contributed by atoms with van der Waals surface area (Å²) < 4.78 is 0. The Morgan fingerprint density at radius 1 is 1.33 bits per heavy atom. The van der Waals surface area contributed by atoms with Gasteiger partial charge in [0.05, 0.1) is 0 Å². The van der Waals surface area contributed by atoms with Gasteiger partial charge in [-0.15, -0.1) is 0 Å². The average molecular weight is 213 g/mol. The number of carbonyl (C=O) groups excluding carboxylic acids is 1. The van der Waals surface area contributed by atoms with E-state index in [4.69, 9.17) is 0 Å². The van der Waals surface area contributed by atoms with Crippen LogP contribution >= 0.6 is 0 Å². The molecule has 0 aromatic rings. The van der Waals surface area contributed by atoms with Crippen LogP contribution in [-0.4, -0.2) is 67.0 Å². The summed E-state index contributed by atoms with van der Waals surface area (Å²) in [7, 11) is 4.16. The van der Waals surface area contributed by atoms with Crippen LogP contribution < -0.4 is 0 Å². The molecule has 1 saturated heterocycles. The van der Waals surface area contributed by atoms with E-state index in [0.29, 0.717) is 6.04 Å². The van der Waals surface area contributed by atoms with Crippen LogP contribution in [0.2, 0.25) is 0 Å². The topological polar surface area (TPSA) is 26.8 Å². The number of rotatable bonds is 3. The highest BCUT2D eigenvalue weighted by molar-refractivity contribution is 5.74. The number of nitrogens with zero attached hydrogens (tertiary/aromatic N) is 3. The number of likely N-dealkylation sites (N-methyl/N-ethyl adjacent to an activating group) is 1. The van der Waals surface area contributed by atoms with Gasteiger partial charge in [0.1, 0.15) is 0 Å². The van der Waals surface area contributed by atoms with Crippen molar-refractivity contribution in [2.75, 3.05) is 40.3 Å². The second-order valence-corrected chi connectivity index (χ2v) is 4.31. The summed E-state index contributed by atoms with van der Waals surface area (Å²) in [4.78, 5) is 18.1. The first kappa shape index (κ1) is 12.3. The van der Waals surface area contributed by atoms with E-state index in [1.165, 1.54) is 0 Å². The molecule has 1 heterocycles. The molecule has 1 rings (SSSR count). The van der Waals surface area contributed by atoms with Crippen LogP contribution in [0.25, 0.3) is 0 Å². The maximum absolute atomic E-state index is 12.0. The van der Waals surface area contributed by atoms with Gasteiger partial charge in [-0.05, 0) is 34.4 Å². The summed E-state index contributed by atoms with van der Waals surface area (Å²) >= 11 is 0. The largest absolute Gasteiger partial charge is 0.325 e. The van der Waals surface area contributed by atoms with Gasteiger partial charge in [-0.3, -0.25) is 0 Å². The second-order valence-electron chi connectivity index (χ2n) is 4.31. The molecule has 1 fully saturated rings. The van der Waals surface area contributed by atoms with Gasteiger partial charge in [-0.1, -0.05) is 0 Å². The van der Waals surface area contributed by atoms with Gasteiger partial charge < -0.3 is 14.7 Å². The van der Waals surface area contributed by atoms with E-state index < -0.39 is 0 Å². The average Bonchev–Trinajstić information content (AvgIpc) is 2.68. The van der Waals surface area contributed by atoms with E-state index in [-0.39, 0.29) is 6.03 Å². The zero-order valence-corrected chi connectivity index (χ0v) is 10.4. The molecule has 1 aliphatic heterocycles. The summed E-state index contributed by atoms with van der Waals surface area (Å²) in [5.74, 6) is 0. The van der Waals surface area contributed by atoms with Gasteiger partial charge in [0.25, 0.3) is 0 Å². The molecule has 0 aromatic carbocycles. The molecule has 15 heavy (non-hydrogen) atoms. The first-order valence-corrected chi connectivity index (χ1v) is 5.80. The Bertz CT molecular complexity index is 214. The third-order valence-corrected chi connectivity index (χ3v) is 3.20. The highest BCUT2D eigenvalue weighted by Gasteiger charge is 2.29. The summed E-state index contributed by atoms with van der Waals surface area (Å²) in [5.41, 5.74) is 0. The molecule has 2 amide bonds. The Labute approximate surface area is 92.8 Å². The quantitative estimate of drug-likeness (QED) is 0.701. The van der Waals surface area contributed by atoms with Crippen LogP contribution in [0.4, 0.5) is 4.79 Å². The van der Waals surface area contributed by atoms with Gasteiger partial charge in [0, 0.05) is 32.2 Å². The standard InChI is InChI=1S/C11H23N3O/c1-5-13(6-2)11(15)14-8-7-10(9-14)12(3)4/h10H,5-9H2,1-4H3. The second kappa shape index (κ2) is 5.35. The lowest BCUT2D eigenvalue weighted by Crippen LogP contribution is -2.43. The van der Waals surface area contributed by atoms with E-state index >= 15 is 0 Å². The van der Waals surface area contributed by atoms with E-state index in [9.17, 15) is 4.79 Å². The van der Waals surface area contributed by atoms with E-state index in [1.54, 1.807) is 0 Å². The van der Waals surface area contributed by atoms with Gasteiger partial charge in [-0.25, -0.2) is 4.79 Å². The van der Waals surface area contributed by atoms with Crippen molar-refractivity contribution in [3.05, 3.63) is 0 Å². The highest BCUT2D eigenvalue weighted by Crippen LogP contribution is 2.14. The van der Waals surface area contributed by atoms with E-state index in [1.807, 2.05) is 23.6 Å². The fraction of sp³-hybridized carbons (Fsp3) is 0.909. The van der Waals surface area contributed by atoms with Gasteiger partial charge in [-0.2, -0.15) is 0 Å². The molecule has 0 spiro atoms. The maximum atomic E-state index is 12.0. The van der Waals surface area contributed by atoms with Crippen molar-refractivity contribution >= 4 is 6.03 Å². The van der Waals surface area contributed by atoms with Crippen LogP contribution in [0.1, 0.15) is 20.3 Å². The minimum absolute atomic E-state index is 0.198. The summed E-state index contributed by atoms with van der Waals surface area (Å²) in [6.07, 6.45) is 1.10. The summed E-state index contributed by atoms with van der Waals surface area (Å²) in [5, 5.41) is 0. The number of carbonyl (C=O) groups is 1. The number of hydrogen-bond acceptors (Lipinski definition) is 2. The van der Waals surface area contributed by atoms with Crippen LogP contribution in [0.5, 0.6) is 0 Å². The Kier molecular flexibility index (Phi) is 4.39. The molecule has 4 heteroatoms. The zero-order chi connectivity index (χ0) is 11.4. The van der Waals surface area contributed by atoms with Crippen molar-refractivity contribution in [2.24, 2.45) is 0 Å². The van der Waals surface area contributed by atoms with E-state index in [0.717, 1.165) is 32.6 Å². The third-order valence-electron chi connectivity index (χ3n) is 3.20. The molecule has 1 aliphatic rings. The Morgan fingerprint density at radius 2 is 1.93 bits per heavy atom. The first-order valence-electron chi connectivity index (χ1n) is 5.80. The van der Waals surface area contributed by atoms with Crippen LogP contribution in [0.15, 0.2) is 0 Å². The number of urea groups is 1. The van der Waals surface area contributed by atoms with Crippen LogP contribution in [0.3, 0.4) is 0 Å². The molecular weight excluding hydrogens is 190 g/mol. The molecule has 88 valence electrons. The predicted molar refractivity (Wildman–Crippen MR) is 62.0 cm³/mol. The van der Waals surface area contributed by atoms with Crippen molar-refractivity contribution in [1.82, 2.24) is 14.7 Å². The molecule has 1 atom stereocenters. The number of likely N-dealkylation sites (tertiary alicyclic amines) is 1.